The van der Waals surface area contributed by atoms with Crippen LogP contribution >= 0.6 is 0 Å². The van der Waals surface area contributed by atoms with Crippen LogP contribution in [0.1, 0.15) is 13.3 Å². The summed E-state index contributed by atoms with van der Waals surface area (Å²) in [6, 6.07) is -0.0951. The summed E-state index contributed by atoms with van der Waals surface area (Å²) in [4.78, 5) is 21.8. The maximum Gasteiger partial charge on any atom is 0.239 e. The van der Waals surface area contributed by atoms with Gasteiger partial charge in [0.05, 0.1) is 13.1 Å². The second-order valence-corrected chi connectivity index (χ2v) is 2.96. The largest absolute Gasteiger partial charge is 0.396 e. The molecule has 6 heteroatoms. The van der Waals surface area contributed by atoms with Crippen molar-refractivity contribution in [3.63, 3.8) is 0 Å². The van der Waals surface area contributed by atoms with Crippen molar-refractivity contribution in [3.8, 4) is 0 Å². The van der Waals surface area contributed by atoms with Gasteiger partial charge in [-0.25, -0.2) is 0 Å². The van der Waals surface area contributed by atoms with Crippen LogP contribution in [0.25, 0.3) is 0 Å². The van der Waals surface area contributed by atoms with Gasteiger partial charge in [0, 0.05) is 12.6 Å². The first-order valence-electron chi connectivity index (χ1n) is 4.47. The summed E-state index contributed by atoms with van der Waals surface area (Å²) in [5.74, 6) is -0.650. The van der Waals surface area contributed by atoms with Crippen LogP contribution in [-0.4, -0.2) is 42.7 Å². The van der Waals surface area contributed by atoms with Crippen molar-refractivity contribution >= 4 is 11.8 Å². The number of aliphatic hydroxyl groups excluding tert-OH is 1. The van der Waals surface area contributed by atoms with Crippen LogP contribution in [0, 0.1) is 0 Å². The lowest BCUT2D eigenvalue weighted by atomic mass is 10.2. The van der Waals surface area contributed by atoms with E-state index in [0.29, 0.717) is 6.42 Å². The summed E-state index contributed by atoms with van der Waals surface area (Å²) in [7, 11) is 0. The van der Waals surface area contributed by atoms with Gasteiger partial charge in [-0.15, -0.1) is 0 Å². The molecule has 5 N–H and O–H groups in total. The molecule has 0 radical (unpaired) electrons. The molecule has 1 unspecified atom stereocenters. The normalized spacial score (nSPS) is 11.9. The maximum atomic E-state index is 11.1. The third-order valence-corrected chi connectivity index (χ3v) is 1.60. The van der Waals surface area contributed by atoms with Gasteiger partial charge in [0.25, 0.3) is 0 Å². The fourth-order valence-electron chi connectivity index (χ4n) is 0.843. The van der Waals surface area contributed by atoms with E-state index in [-0.39, 0.29) is 37.6 Å². The number of carbonyl (C=O) groups excluding carboxylic acids is 2. The first-order valence-corrected chi connectivity index (χ1v) is 4.47. The van der Waals surface area contributed by atoms with Gasteiger partial charge in [-0.05, 0) is 13.3 Å². The Bertz CT molecular complexity index is 196. The molecule has 0 aromatic carbocycles. The van der Waals surface area contributed by atoms with E-state index in [0.717, 1.165) is 0 Å². The number of rotatable bonds is 6. The summed E-state index contributed by atoms with van der Waals surface area (Å²) < 4.78 is 0. The summed E-state index contributed by atoms with van der Waals surface area (Å²) in [5.41, 5.74) is 5.03. The molecule has 0 fully saturated rings. The summed E-state index contributed by atoms with van der Waals surface area (Å²) in [6.45, 7) is 1.60. The second kappa shape index (κ2) is 7.28. The summed E-state index contributed by atoms with van der Waals surface area (Å²) >= 11 is 0. The topological polar surface area (TPSA) is 104 Å². The van der Waals surface area contributed by atoms with Crippen LogP contribution in [0.3, 0.4) is 0 Å². The fourth-order valence-corrected chi connectivity index (χ4v) is 0.843. The molecule has 6 nitrogen and oxygen atoms in total. The van der Waals surface area contributed by atoms with Crippen molar-refractivity contribution in [1.29, 1.82) is 0 Å². The lowest BCUT2D eigenvalue weighted by Crippen LogP contribution is -2.42. The van der Waals surface area contributed by atoms with E-state index in [1.807, 2.05) is 0 Å². The summed E-state index contributed by atoms with van der Waals surface area (Å²) in [5, 5.41) is 13.5. The highest BCUT2D eigenvalue weighted by molar-refractivity contribution is 5.85. The molecule has 0 heterocycles. The highest BCUT2D eigenvalue weighted by atomic mass is 16.3. The number of hydrogen-bond donors (Lipinski definition) is 4. The van der Waals surface area contributed by atoms with Crippen molar-refractivity contribution in [1.82, 2.24) is 10.6 Å². The zero-order valence-corrected chi connectivity index (χ0v) is 8.25. The van der Waals surface area contributed by atoms with E-state index in [1.54, 1.807) is 6.92 Å². The van der Waals surface area contributed by atoms with Crippen molar-refractivity contribution in [2.75, 3.05) is 19.7 Å². The Morgan fingerprint density at radius 1 is 1.43 bits per heavy atom. The summed E-state index contributed by atoms with van der Waals surface area (Å²) in [6.07, 6.45) is 0.497. The average Bonchev–Trinajstić information content (AvgIpc) is 2.14. The molecule has 0 saturated carbocycles. The molecule has 0 aliphatic heterocycles. The van der Waals surface area contributed by atoms with Crippen molar-refractivity contribution in [2.24, 2.45) is 5.73 Å². The molecule has 0 aromatic rings. The Morgan fingerprint density at radius 2 is 2.07 bits per heavy atom. The molecular formula is C8H17N3O3. The monoisotopic (exact) mass is 203 g/mol. The number of hydrogen-bond acceptors (Lipinski definition) is 4. The Labute approximate surface area is 82.9 Å². The zero-order chi connectivity index (χ0) is 11.0. The van der Waals surface area contributed by atoms with Gasteiger partial charge in [-0.3, -0.25) is 9.59 Å². The molecule has 0 aromatic heterocycles. The molecule has 0 spiro atoms. The van der Waals surface area contributed by atoms with Gasteiger partial charge in [0.1, 0.15) is 0 Å². The number of nitrogens with two attached hydrogens (primary N) is 1. The van der Waals surface area contributed by atoms with Crippen molar-refractivity contribution < 1.29 is 14.7 Å². The maximum absolute atomic E-state index is 11.1. The van der Waals surface area contributed by atoms with E-state index in [9.17, 15) is 9.59 Å². The predicted molar refractivity (Wildman–Crippen MR) is 51.4 cm³/mol. The molecule has 14 heavy (non-hydrogen) atoms. The molecule has 2 amide bonds. The molecule has 0 rings (SSSR count). The first kappa shape index (κ1) is 12.9. The number of nitrogens with one attached hydrogen (secondary N) is 2. The van der Waals surface area contributed by atoms with E-state index in [1.165, 1.54) is 0 Å². The van der Waals surface area contributed by atoms with E-state index < -0.39 is 0 Å². The third kappa shape index (κ3) is 6.38. The van der Waals surface area contributed by atoms with Crippen molar-refractivity contribution in [3.05, 3.63) is 0 Å². The van der Waals surface area contributed by atoms with Crippen LogP contribution in [0.4, 0.5) is 0 Å². The van der Waals surface area contributed by atoms with Crippen molar-refractivity contribution in [2.45, 2.75) is 19.4 Å². The predicted octanol–water partition coefficient (Wildman–Crippen LogP) is -2.05. The minimum atomic E-state index is -0.366. The van der Waals surface area contributed by atoms with Crippen LogP contribution < -0.4 is 16.4 Å². The quantitative estimate of drug-likeness (QED) is 0.399. The highest BCUT2D eigenvalue weighted by Gasteiger charge is 2.07. The third-order valence-electron chi connectivity index (χ3n) is 1.60. The Morgan fingerprint density at radius 3 is 2.57 bits per heavy atom. The fraction of sp³-hybridized carbons (Fsp3) is 0.750. The Balaban J connectivity index is 3.59. The SMILES string of the molecule is CC(CCO)NC(=O)CNC(=O)CN. The van der Waals surface area contributed by atoms with Crippen LogP contribution in [-0.2, 0) is 9.59 Å². The average molecular weight is 203 g/mol. The molecule has 0 saturated heterocycles. The molecule has 0 bridgehead atoms. The zero-order valence-electron chi connectivity index (χ0n) is 8.25. The van der Waals surface area contributed by atoms with E-state index in [2.05, 4.69) is 10.6 Å². The molecule has 0 aliphatic carbocycles. The standard InChI is InChI=1S/C8H17N3O3/c1-6(2-3-12)11-8(14)5-10-7(13)4-9/h6,12H,2-5,9H2,1H3,(H,10,13)(H,11,14). The van der Waals surface area contributed by atoms with Gasteiger partial charge >= 0.3 is 0 Å². The minimum Gasteiger partial charge on any atom is -0.396 e. The number of aliphatic hydroxyl groups is 1. The van der Waals surface area contributed by atoms with Crippen LogP contribution in [0.15, 0.2) is 0 Å². The first-order chi connectivity index (χ1) is 6.60. The number of carbonyl (C=O) groups is 2. The Kier molecular flexibility index (Phi) is 6.69. The van der Waals surface area contributed by atoms with E-state index >= 15 is 0 Å². The number of amides is 2. The molecule has 82 valence electrons. The smallest absolute Gasteiger partial charge is 0.239 e. The Hall–Kier alpha value is -1.14. The van der Waals surface area contributed by atoms with Gasteiger partial charge < -0.3 is 21.5 Å². The molecule has 0 aliphatic rings. The van der Waals surface area contributed by atoms with Gasteiger partial charge in [0.2, 0.25) is 11.8 Å². The van der Waals surface area contributed by atoms with Crippen LogP contribution in [0.2, 0.25) is 0 Å². The van der Waals surface area contributed by atoms with Gasteiger partial charge in [-0.1, -0.05) is 0 Å². The lowest BCUT2D eigenvalue weighted by Gasteiger charge is -2.12. The second-order valence-electron chi connectivity index (χ2n) is 2.96. The minimum absolute atomic E-state index is 0.0244. The molecule has 1 atom stereocenters. The highest BCUT2D eigenvalue weighted by Crippen LogP contribution is 1.87. The van der Waals surface area contributed by atoms with Gasteiger partial charge in [0.15, 0.2) is 0 Å². The van der Waals surface area contributed by atoms with Gasteiger partial charge in [-0.2, -0.15) is 0 Å². The van der Waals surface area contributed by atoms with E-state index in [4.69, 9.17) is 10.8 Å². The van der Waals surface area contributed by atoms with Crippen LogP contribution in [0.5, 0.6) is 0 Å². The molecular weight excluding hydrogens is 186 g/mol. The lowest BCUT2D eigenvalue weighted by molar-refractivity contribution is -0.125.